The molecule has 0 aromatic heterocycles. The second-order valence-corrected chi connectivity index (χ2v) is 6.24. The summed E-state index contributed by atoms with van der Waals surface area (Å²) in [6, 6.07) is 7.49. The molecule has 2 rings (SSSR count). The Balaban J connectivity index is 2.32. The molecule has 0 bridgehead atoms. The topological polar surface area (TPSA) is 29.3 Å². The molecule has 2 atom stereocenters. The van der Waals surface area contributed by atoms with Gasteiger partial charge in [-0.2, -0.15) is 0 Å². The van der Waals surface area contributed by atoms with Crippen LogP contribution in [0.4, 0.5) is 8.78 Å². The van der Waals surface area contributed by atoms with Gasteiger partial charge in [-0.05, 0) is 51.3 Å². The maximum absolute atomic E-state index is 12.7. The zero-order valence-electron chi connectivity index (χ0n) is 12.9. The van der Waals surface area contributed by atoms with Crippen molar-refractivity contribution in [1.82, 2.24) is 4.90 Å². The van der Waals surface area contributed by atoms with Crippen molar-refractivity contribution in [1.29, 1.82) is 0 Å². The van der Waals surface area contributed by atoms with E-state index in [-0.39, 0.29) is 11.6 Å². The summed E-state index contributed by atoms with van der Waals surface area (Å²) in [5.74, 6) is 0.396. The maximum Gasteiger partial charge on any atom is 0.263 e. The van der Waals surface area contributed by atoms with Crippen LogP contribution in [0.5, 0.6) is 0 Å². The fourth-order valence-electron chi connectivity index (χ4n) is 3.40. The van der Waals surface area contributed by atoms with Crippen molar-refractivity contribution < 1.29 is 8.78 Å². The van der Waals surface area contributed by atoms with Gasteiger partial charge in [-0.15, -0.1) is 0 Å². The third-order valence-corrected chi connectivity index (χ3v) is 4.54. The molecule has 2 N–H and O–H groups in total. The first kappa shape index (κ1) is 16.4. The molecule has 0 radical (unpaired) electrons. The zero-order chi connectivity index (χ0) is 15.4. The largest absolute Gasteiger partial charge is 0.330 e. The molecule has 21 heavy (non-hydrogen) atoms. The lowest BCUT2D eigenvalue weighted by molar-refractivity contribution is 0.121. The molecule has 1 aliphatic rings. The number of alkyl halides is 2. The molecule has 2 nitrogen and oxygen atoms in total. The van der Waals surface area contributed by atoms with Gasteiger partial charge in [-0.25, -0.2) is 8.78 Å². The fraction of sp³-hybridized carbons (Fsp3) is 0.647. The third kappa shape index (κ3) is 3.80. The second-order valence-electron chi connectivity index (χ2n) is 6.24. The van der Waals surface area contributed by atoms with Crippen LogP contribution in [-0.4, -0.2) is 24.0 Å². The molecule has 1 aliphatic heterocycles. The number of nitrogens with two attached hydrogens (primary N) is 1. The number of hydrogen-bond donors (Lipinski definition) is 1. The predicted molar refractivity (Wildman–Crippen MR) is 82.4 cm³/mol. The summed E-state index contributed by atoms with van der Waals surface area (Å²) in [7, 11) is 0. The first-order valence-electron chi connectivity index (χ1n) is 7.88. The van der Waals surface area contributed by atoms with Crippen LogP contribution in [0.25, 0.3) is 0 Å². The smallest absolute Gasteiger partial charge is 0.263 e. The van der Waals surface area contributed by atoms with Gasteiger partial charge in [-0.3, -0.25) is 4.90 Å². The minimum absolute atomic E-state index is 0.0905. The number of benzene rings is 1. The Morgan fingerprint density at radius 2 is 1.86 bits per heavy atom. The van der Waals surface area contributed by atoms with E-state index in [2.05, 4.69) is 18.7 Å². The molecular weight excluding hydrogens is 270 g/mol. The monoisotopic (exact) mass is 296 g/mol. The Labute approximate surface area is 126 Å². The van der Waals surface area contributed by atoms with Crippen molar-refractivity contribution >= 4 is 0 Å². The molecule has 1 fully saturated rings. The molecule has 2 unspecified atom stereocenters. The van der Waals surface area contributed by atoms with Gasteiger partial charge in [0.05, 0.1) is 0 Å². The van der Waals surface area contributed by atoms with E-state index in [0.29, 0.717) is 18.5 Å². The molecular formula is C17H26F2N2. The average molecular weight is 296 g/mol. The highest BCUT2D eigenvalue weighted by Crippen LogP contribution is 2.36. The zero-order valence-corrected chi connectivity index (χ0v) is 12.9. The molecule has 0 saturated carbocycles. The number of rotatable bonds is 4. The summed E-state index contributed by atoms with van der Waals surface area (Å²) in [6.07, 6.45) is 1.08. The Morgan fingerprint density at radius 1 is 1.19 bits per heavy atom. The lowest BCUT2D eigenvalue weighted by Gasteiger charge is -2.38. The standard InChI is InChI=1S/C17H26F2N2/c1-12(2)21-10-4-3-5-15(11-20)16(21)13-6-8-14(9-7-13)17(18)19/h6-9,12,15-17H,3-5,10-11,20H2,1-2H3. The molecule has 0 aliphatic carbocycles. The van der Waals surface area contributed by atoms with Gasteiger partial charge in [0.15, 0.2) is 0 Å². The van der Waals surface area contributed by atoms with Gasteiger partial charge in [0, 0.05) is 17.6 Å². The second kappa shape index (κ2) is 7.32. The van der Waals surface area contributed by atoms with Gasteiger partial charge >= 0.3 is 0 Å². The van der Waals surface area contributed by atoms with Crippen LogP contribution in [0.3, 0.4) is 0 Å². The van der Waals surface area contributed by atoms with Gasteiger partial charge in [0.2, 0.25) is 0 Å². The van der Waals surface area contributed by atoms with Crippen molar-refractivity contribution in [2.24, 2.45) is 11.7 Å². The molecule has 0 spiro atoms. The van der Waals surface area contributed by atoms with Crippen LogP contribution in [-0.2, 0) is 0 Å². The Morgan fingerprint density at radius 3 is 2.38 bits per heavy atom. The molecule has 4 heteroatoms. The summed E-state index contributed by atoms with van der Waals surface area (Å²) in [4.78, 5) is 2.47. The maximum atomic E-state index is 12.7. The Bertz CT molecular complexity index is 431. The van der Waals surface area contributed by atoms with Gasteiger partial charge in [0.1, 0.15) is 0 Å². The van der Waals surface area contributed by atoms with Crippen LogP contribution in [0.2, 0.25) is 0 Å². The minimum atomic E-state index is -2.40. The quantitative estimate of drug-likeness (QED) is 0.905. The highest BCUT2D eigenvalue weighted by Gasteiger charge is 2.31. The molecule has 1 aromatic carbocycles. The van der Waals surface area contributed by atoms with Crippen LogP contribution < -0.4 is 5.73 Å². The normalized spacial score (nSPS) is 24.5. The molecule has 118 valence electrons. The van der Waals surface area contributed by atoms with E-state index >= 15 is 0 Å². The molecule has 1 aromatic rings. The van der Waals surface area contributed by atoms with Crippen molar-refractivity contribution in [2.75, 3.05) is 13.1 Å². The molecule has 1 heterocycles. The summed E-state index contributed by atoms with van der Waals surface area (Å²) in [6.45, 7) is 6.08. The van der Waals surface area contributed by atoms with E-state index in [1.165, 1.54) is 12.8 Å². The first-order valence-corrected chi connectivity index (χ1v) is 7.88. The summed E-state index contributed by atoms with van der Waals surface area (Å²) < 4.78 is 25.4. The molecule has 0 amide bonds. The predicted octanol–water partition coefficient (Wildman–Crippen LogP) is 4.13. The van der Waals surface area contributed by atoms with E-state index in [1.54, 1.807) is 12.1 Å². The first-order chi connectivity index (χ1) is 10.0. The average Bonchev–Trinajstić information content (AvgIpc) is 2.69. The van der Waals surface area contributed by atoms with Crippen molar-refractivity contribution in [3.8, 4) is 0 Å². The summed E-state index contributed by atoms with van der Waals surface area (Å²) in [5.41, 5.74) is 7.20. The van der Waals surface area contributed by atoms with E-state index in [0.717, 1.165) is 18.5 Å². The van der Waals surface area contributed by atoms with Crippen molar-refractivity contribution in [3.63, 3.8) is 0 Å². The van der Waals surface area contributed by atoms with Crippen LogP contribution in [0, 0.1) is 5.92 Å². The van der Waals surface area contributed by atoms with E-state index in [4.69, 9.17) is 5.73 Å². The van der Waals surface area contributed by atoms with Crippen LogP contribution in [0.15, 0.2) is 24.3 Å². The number of nitrogens with zero attached hydrogens (tertiary/aromatic N) is 1. The highest BCUT2D eigenvalue weighted by atomic mass is 19.3. The van der Waals surface area contributed by atoms with Crippen molar-refractivity contribution in [2.45, 2.75) is 51.6 Å². The van der Waals surface area contributed by atoms with Crippen molar-refractivity contribution in [3.05, 3.63) is 35.4 Å². The fourth-order valence-corrected chi connectivity index (χ4v) is 3.40. The number of hydrogen-bond acceptors (Lipinski definition) is 2. The summed E-state index contributed by atoms with van der Waals surface area (Å²) >= 11 is 0. The van der Waals surface area contributed by atoms with Gasteiger partial charge in [0.25, 0.3) is 6.43 Å². The third-order valence-electron chi connectivity index (χ3n) is 4.54. The summed E-state index contributed by atoms with van der Waals surface area (Å²) in [5, 5.41) is 0. The Kier molecular flexibility index (Phi) is 5.71. The SMILES string of the molecule is CC(C)N1CCCCC(CN)C1c1ccc(C(F)F)cc1. The van der Waals surface area contributed by atoms with E-state index in [9.17, 15) is 8.78 Å². The number of halogens is 2. The molecule has 1 saturated heterocycles. The number of likely N-dealkylation sites (tertiary alicyclic amines) is 1. The minimum Gasteiger partial charge on any atom is -0.330 e. The van der Waals surface area contributed by atoms with Crippen LogP contribution in [0.1, 0.15) is 56.7 Å². The van der Waals surface area contributed by atoms with Gasteiger partial charge in [-0.1, -0.05) is 30.7 Å². The Hall–Kier alpha value is -1.00. The lowest BCUT2D eigenvalue weighted by atomic mass is 9.88. The van der Waals surface area contributed by atoms with E-state index in [1.807, 2.05) is 12.1 Å². The van der Waals surface area contributed by atoms with Gasteiger partial charge < -0.3 is 5.73 Å². The lowest BCUT2D eigenvalue weighted by Crippen LogP contribution is -2.39. The van der Waals surface area contributed by atoms with Crippen LogP contribution >= 0.6 is 0 Å². The highest BCUT2D eigenvalue weighted by molar-refractivity contribution is 5.26. The van der Waals surface area contributed by atoms with E-state index < -0.39 is 6.43 Å².